The summed E-state index contributed by atoms with van der Waals surface area (Å²) in [5.74, 6) is 0.983. The summed E-state index contributed by atoms with van der Waals surface area (Å²) >= 11 is 17.7. The summed E-state index contributed by atoms with van der Waals surface area (Å²) in [4.78, 5) is 4.03. The largest absolute Gasteiger partial charge is 0.455 e. The summed E-state index contributed by atoms with van der Waals surface area (Å²) in [6, 6.07) is 11.2. The van der Waals surface area contributed by atoms with Crippen LogP contribution in [0.2, 0.25) is 15.2 Å². The van der Waals surface area contributed by atoms with Gasteiger partial charge in [0.25, 0.3) is 0 Å². The highest BCUT2D eigenvalue weighted by atomic mass is 35.5. The van der Waals surface area contributed by atoms with Crippen molar-refractivity contribution in [2.75, 3.05) is 5.43 Å². The first-order valence-corrected chi connectivity index (χ1v) is 7.49. The molecule has 0 fully saturated rings. The van der Waals surface area contributed by atoms with Crippen molar-refractivity contribution in [3.8, 4) is 0 Å². The Bertz CT molecular complexity index is 841. The summed E-state index contributed by atoms with van der Waals surface area (Å²) in [7, 11) is 0. The number of nitrogens with zero attached hydrogens (tertiary/aromatic N) is 2. The lowest BCUT2D eigenvalue weighted by Gasteiger charge is -2.05. The van der Waals surface area contributed by atoms with Gasteiger partial charge in [-0.1, -0.05) is 53.0 Å². The Morgan fingerprint density at radius 3 is 2.68 bits per heavy atom. The van der Waals surface area contributed by atoms with Crippen LogP contribution in [0.3, 0.4) is 0 Å². The third-order valence-electron chi connectivity index (χ3n) is 3.00. The third-order valence-corrected chi connectivity index (χ3v) is 3.96. The number of hydrazone groups is 1. The van der Waals surface area contributed by atoms with Gasteiger partial charge in [-0.05, 0) is 25.1 Å². The van der Waals surface area contributed by atoms with Crippen molar-refractivity contribution in [2.45, 2.75) is 6.92 Å². The molecule has 3 aromatic rings. The van der Waals surface area contributed by atoms with Crippen molar-refractivity contribution >= 4 is 57.3 Å². The molecule has 0 saturated heterocycles. The van der Waals surface area contributed by atoms with Gasteiger partial charge in [0.2, 0.25) is 0 Å². The van der Waals surface area contributed by atoms with Gasteiger partial charge < -0.3 is 4.42 Å². The highest BCUT2D eigenvalue weighted by Gasteiger charge is 2.09. The number of rotatable bonds is 3. The number of furan rings is 1. The van der Waals surface area contributed by atoms with Gasteiger partial charge >= 0.3 is 0 Å². The van der Waals surface area contributed by atoms with Crippen LogP contribution in [0.25, 0.3) is 11.0 Å². The molecule has 1 aromatic carbocycles. The van der Waals surface area contributed by atoms with Crippen LogP contribution in [0.1, 0.15) is 12.7 Å². The highest BCUT2D eigenvalue weighted by Crippen LogP contribution is 2.29. The van der Waals surface area contributed by atoms with Crippen molar-refractivity contribution in [2.24, 2.45) is 5.10 Å². The quantitative estimate of drug-likeness (QED) is 0.377. The fraction of sp³-hybridized carbons (Fsp3) is 0.0667. The van der Waals surface area contributed by atoms with Crippen molar-refractivity contribution < 1.29 is 4.42 Å². The molecule has 112 valence electrons. The second-order valence-corrected chi connectivity index (χ2v) is 5.72. The molecule has 7 heteroatoms. The normalized spacial score (nSPS) is 11.9. The molecule has 0 aliphatic rings. The molecule has 0 spiro atoms. The fourth-order valence-electron chi connectivity index (χ4n) is 1.87. The number of nitrogens with one attached hydrogen (secondary N) is 1. The van der Waals surface area contributed by atoms with Crippen LogP contribution in [0.15, 0.2) is 45.9 Å². The summed E-state index contributed by atoms with van der Waals surface area (Å²) in [6.07, 6.45) is 0. The maximum atomic E-state index is 6.03. The number of anilines is 1. The van der Waals surface area contributed by atoms with Gasteiger partial charge in [0, 0.05) is 5.39 Å². The van der Waals surface area contributed by atoms with Gasteiger partial charge in [0.05, 0.1) is 10.0 Å². The molecule has 3 rings (SSSR count). The Morgan fingerprint density at radius 2 is 1.91 bits per heavy atom. The van der Waals surface area contributed by atoms with Crippen LogP contribution in [0.5, 0.6) is 0 Å². The molecule has 0 unspecified atom stereocenters. The molecule has 0 saturated carbocycles. The maximum Gasteiger partial charge on any atom is 0.166 e. The van der Waals surface area contributed by atoms with Crippen LogP contribution >= 0.6 is 34.8 Å². The number of aromatic nitrogens is 1. The predicted molar refractivity (Wildman–Crippen MR) is 91.3 cm³/mol. The molecule has 2 aromatic heterocycles. The molecule has 0 aliphatic carbocycles. The average Bonchev–Trinajstić information content (AvgIpc) is 2.93. The first-order valence-electron chi connectivity index (χ1n) is 6.35. The van der Waals surface area contributed by atoms with Gasteiger partial charge in [-0.2, -0.15) is 5.10 Å². The van der Waals surface area contributed by atoms with Crippen LogP contribution in [0, 0.1) is 0 Å². The van der Waals surface area contributed by atoms with Gasteiger partial charge in [-0.25, -0.2) is 4.98 Å². The molecule has 4 nitrogen and oxygen atoms in total. The summed E-state index contributed by atoms with van der Waals surface area (Å²) in [6.45, 7) is 1.82. The third kappa shape index (κ3) is 3.04. The van der Waals surface area contributed by atoms with Crippen LogP contribution < -0.4 is 5.43 Å². The number of para-hydroxylation sites is 1. The Morgan fingerprint density at radius 1 is 1.14 bits per heavy atom. The zero-order chi connectivity index (χ0) is 15.7. The Labute approximate surface area is 141 Å². The standard InChI is InChI=1S/C15H10Cl3N3O/c1-8(13-6-9-4-2-3-5-12(9)22-13)20-21-15-11(17)7-10(16)14(18)19-15/h2-7H,1H3,(H,19,21)/b20-8+. The number of hydrogen-bond donors (Lipinski definition) is 1. The minimum Gasteiger partial charge on any atom is -0.455 e. The first kappa shape index (κ1) is 15.2. The van der Waals surface area contributed by atoms with Crippen LogP contribution in [0.4, 0.5) is 5.82 Å². The average molecular weight is 355 g/mol. The Kier molecular flexibility index (Phi) is 4.25. The van der Waals surface area contributed by atoms with E-state index in [1.54, 1.807) is 0 Å². The topological polar surface area (TPSA) is 50.4 Å². The second-order valence-electron chi connectivity index (χ2n) is 4.55. The van der Waals surface area contributed by atoms with Gasteiger partial charge in [0.15, 0.2) is 11.6 Å². The zero-order valence-corrected chi connectivity index (χ0v) is 13.7. The van der Waals surface area contributed by atoms with Crippen molar-refractivity contribution in [3.63, 3.8) is 0 Å². The minimum absolute atomic E-state index is 0.158. The van der Waals surface area contributed by atoms with Gasteiger partial charge in [-0.15, -0.1) is 0 Å². The van der Waals surface area contributed by atoms with E-state index in [1.165, 1.54) is 6.07 Å². The number of benzene rings is 1. The van der Waals surface area contributed by atoms with E-state index in [0.717, 1.165) is 11.0 Å². The van der Waals surface area contributed by atoms with Crippen LogP contribution in [-0.4, -0.2) is 10.7 Å². The zero-order valence-electron chi connectivity index (χ0n) is 11.4. The predicted octanol–water partition coefficient (Wildman–Crippen LogP) is 5.62. The van der Waals surface area contributed by atoms with E-state index < -0.39 is 0 Å². The number of halogens is 3. The van der Waals surface area contributed by atoms with E-state index in [9.17, 15) is 0 Å². The summed E-state index contributed by atoms with van der Waals surface area (Å²) in [5, 5.41) is 6.00. The molecule has 22 heavy (non-hydrogen) atoms. The second kappa shape index (κ2) is 6.16. The molecule has 0 aliphatic heterocycles. The highest BCUT2D eigenvalue weighted by molar-refractivity contribution is 6.42. The van der Waals surface area contributed by atoms with E-state index in [0.29, 0.717) is 22.3 Å². The first-order chi connectivity index (χ1) is 10.5. The fourth-order valence-corrected chi connectivity index (χ4v) is 2.41. The van der Waals surface area contributed by atoms with E-state index in [4.69, 9.17) is 39.2 Å². The molecule has 0 amide bonds. The molecule has 1 N–H and O–H groups in total. The van der Waals surface area contributed by atoms with E-state index in [-0.39, 0.29) is 10.2 Å². The summed E-state index contributed by atoms with van der Waals surface area (Å²) in [5.41, 5.74) is 4.22. The van der Waals surface area contributed by atoms with E-state index >= 15 is 0 Å². The molecular formula is C15H10Cl3N3O. The lowest BCUT2D eigenvalue weighted by atomic mass is 10.2. The number of pyridine rings is 1. The Hall–Kier alpha value is -1.75. The van der Waals surface area contributed by atoms with Crippen LogP contribution in [-0.2, 0) is 0 Å². The van der Waals surface area contributed by atoms with Crippen molar-refractivity contribution in [1.82, 2.24) is 4.98 Å². The van der Waals surface area contributed by atoms with E-state index in [1.807, 2.05) is 37.3 Å². The van der Waals surface area contributed by atoms with Gasteiger partial charge in [0.1, 0.15) is 16.4 Å². The maximum absolute atomic E-state index is 6.03. The SMILES string of the molecule is C/C(=N\Nc1nc(Cl)c(Cl)cc1Cl)c1cc2ccccc2o1. The minimum atomic E-state index is 0.158. The molecule has 2 heterocycles. The molecule has 0 radical (unpaired) electrons. The van der Waals surface area contributed by atoms with Gasteiger partial charge in [-0.3, -0.25) is 5.43 Å². The molecule has 0 atom stereocenters. The van der Waals surface area contributed by atoms with Crippen molar-refractivity contribution in [1.29, 1.82) is 0 Å². The lowest BCUT2D eigenvalue weighted by molar-refractivity contribution is 0.604. The monoisotopic (exact) mass is 353 g/mol. The summed E-state index contributed by atoms with van der Waals surface area (Å²) < 4.78 is 5.72. The molecule has 0 bridgehead atoms. The van der Waals surface area contributed by atoms with Crippen molar-refractivity contribution in [3.05, 3.63) is 57.4 Å². The smallest absolute Gasteiger partial charge is 0.166 e. The van der Waals surface area contributed by atoms with E-state index in [2.05, 4.69) is 15.5 Å². The molecular weight excluding hydrogens is 345 g/mol. The number of hydrogen-bond acceptors (Lipinski definition) is 4. The Balaban J connectivity index is 1.87. The lowest BCUT2D eigenvalue weighted by Crippen LogP contribution is -2.00. The number of fused-ring (bicyclic) bond motifs is 1.